The van der Waals surface area contributed by atoms with Gasteiger partial charge in [0, 0.05) is 17.5 Å². The smallest absolute Gasteiger partial charge is 0.355 e. The number of rotatable bonds is 3. The minimum absolute atomic E-state index is 0.0239. The van der Waals surface area contributed by atoms with Crippen molar-refractivity contribution in [1.82, 2.24) is 15.2 Å². The van der Waals surface area contributed by atoms with Crippen molar-refractivity contribution in [2.45, 2.75) is 58.2 Å². The Hall–Kier alpha value is -1.63. The van der Waals surface area contributed by atoms with Gasteiger partial charge < -0.3 is 15.3 Å². The lowest BCUT2D eigenvalue weighted by Crippen LogP contribution is -2.52. The van der Waals surface area contributed by atoms with Gasteiger partial charge >= 0.3 is 12.0 Å². The fraction of sp³-hybridized carbons (Fsp3) is 0.643. The zero-order valence-electron chi connectivity index (χ0n) is 12.5. The highest BCUT2D eigenvalue weighted by molar-refractivity contribution is 7.09. The molecule has 3 atom stereocenters. The van der Waals surface area contributed by atoms with Crippen molar-refractivity contribution < 1.29 is 14.7 Å². The Labute approximate surface area is 128 Å². The van der Waals surface area contributed by atoms with E-state index in [-0.39, 0.29) is 29.9 Å². The van der Waals surface area contributed by atoms with Crippen molar-refractivity contribution in [3.05, 3.63) is 16.1 Å². The lowest BCUT2D eigenvalue weighted by atomic mass is 9.98. The van der Waals surface area contributed by atoms with Gasteiger partial charge in [0.2, 0.25) is 0 Å². The van der Waals surface area contributed by atoms with Gasteiger partial charge in [-0.15, -0.1) is 11.3 Å². The Balaban J connectivity index is 2.02. The lowest BCUT2D eigenvalue weighted by Gasteiger charge is -2.39. The minimum atomic E-state index is -1.05. The second-order valence-corrected chi connectivity index (χ2v) is 6.47. The maximum Gasteiger partial charge on any atom is 0.355 e. The summed E-state index contributed by atoms with van der Waals surface area (Å²) in [5.74, 6) is -1.05. The molecule has 21 heavy (non-hydrogen) atoms. The number of aromatic nitrogens is 1. The van der Waals surface area contributed by atoms with Gasteiger partial charge in [0.25, 0.3) is 0 Å². The van der Waals surface area contributed by atoms with Gasteiger partial charge in [0.05, 0.1) is 6.04 Å². The highest BCUT2D eigenvalue weighted by atomic mass is 32.1. The predicted molar refractivity (Wildman–Crippen MR) is 80.6 cm³/mol. The maximum absolute atomic E-state index is 12.4. The Kier molecular flexibility index (Phi) is 4.82. The number of aromatic carboxylic acids is 1. The van der Waals surface area contributed by atoms with E-state index < -0.39 is 5.97 Å². The number of carbonyl (C=O) groups is 2. The number of hydrogen-bond acceptors (Lipinski definition) is 4. The zero-order valence-corrected chi connectivity index (χ0v) is 13.3. The van der Waals surface area contributed by atoms with E-state index in [9.17, 15) is 9.59 Å². The van der Waals surface area contributed by atoms with Gasteiger partial charge in [-0.3, -0.25) is 0 Å². The quantitative estimate of drug-likeness (QED) is 0.899. The van der Waals surface area contributed by atoms with Gasteiger partial charge in [-0.25, -0.2) is 14.6 Å². The summed E-state index contributed by atoms with van der Waals surface area (Å²) in [6.07, 6.45) is 3.19. The van der Waals surface area contributed by atoms with Gasteiger partial charge in [0.1, 0.15) is 5.01 Å². The first-order valence-electron chi connectivity index (χ1n) is 7.17. The summed E-state index contributed by atoms with van der Waals surface area (Å²) in [6, 6.07) is 0.0600. The third kappa shape index (κ3) is 3.53. The summed E-state index contributed by atoms with van der Waals surface area (Å²) in [5.41, 5.74) is 0.0239. The standard InChI is InChI=1S/C14H21N3O3S/c1-8-5-4-6-9(2)17(8)14(20)15-10(3)12-16-11(7-21-12)13(18)19/h7-10H,4-6H2,1-3H3,(H,15,20)(H,18,19). The van der Waals surface area contributed by atoms with Gasteiger partial charge in [-0.05, 0) is 40.0 Å². The van der Waals surface area contributed by atoms with Crippen LogP contribution in [0.15, 0.2) is 5.38 Å². The fourth-order valence-electron chi connectivity index (χ4n) is 2.73. The van der Waals surface area contributed by atoms with Crippen LogP contribution in [-0.4, -0.2) is 39.1 Å². The number of likely N-dealkylation sites (tertiary alicyclic amines) is 1. The monoisotopic (exact) mass is 311 g/mol. The Morgan fingerprint density at radius 2 is 2.05 bits per heavy atom. The summed E-state index contributed by atoms with van der Waals surface area (Å²) in [5, 5.41) is 13.9. The number of urea groups is 1. The molecule has 1 aliphatic heterocycles. The van der Waals surface area contributed by atoms with Crippen LogP contribution in [0.25, 0.3) is 0 Å². The van der Waals surface area contributed by atoms with Gasteiger partial charge in [0.15, 0.2) is 5.69 Å². The molecule has 7 heteroatoms. The number of carbonyl (C=O) groups excluding carboxylic acids is 1. The molecule has 3 unspecified atom stereocenters. The van der Waals surface area contributed by atoms with E-state index in [2.05, 4.69) is 24.1 Å². The van der Waals surface area contributed by atoms with E-state index in [1.807, 2.05) is 11.8 Å². The molecule has 2 amide bonds. The van der Waals surface area contributed by atoms with Gasteiger partial charge in [-0.2, -0.15) is 0 Å². The van der Waals surface area contributed by atoms with E-state index in [1.54, 1.807) is 0 Å². The topological polar surface area (TPSA) is 82.5 Å². The molecular formula is C14H21N3O3S. The van der Waals surface area contributed by atoms with Crippen LogP contribution in [0.4, 0.5) is 4.79 Å². The molecule has 2 rings (SSSR count). The molecule has 0 saturated carbocycles. The van der Waals surface area contributed by atoms with Crippen LogP contribution < -0.4 is 5.32 Å². The average Bonchev–Trinajstić information content (AvgIpc) is 2.88. The number of nitrogens with zero attached hydrogens (tertiary/aromatic N) is 2. The summed E-state index contributed by atoms with van der Waals surface area (Å²) in [7, 11) is 0. The molecular weight excluding hydrogens is 290 g/mol. The third-order valence-electron chi connectivity index (χ3n) is 3.88. The van der Waals surface area contributed by atoms with Crippen molar-refractivity contribution >= 4 is 23.3 Å². The number of nitrogens with one attached hydrogen (secondary N) is 1. The molecule has 0 bridgehead atoms. The average molecular weight is 311 g/mol. The van der Waals surface area contributed by atoms with Crippen LogP contribution in [0, 0.1) is 0 Å². The first-order valence-corrected chi connectivity index (χ1v) is 8.05. The molecule has 2 heterocycles. The van der Waals surface area contributed by atoms with Crippen molar-refractivity contribution in [2.75, 3.05) is 0 Å². The van der Waals surface area contributed by atoms with Crippen LogP contribution >= 0.6 is 11.3 Å². The van der Waals surface area contributed by atoms with Gasteiger partial charge in [-0.1, -0.05) is 0 Å². The van der Waals surface area contributed by atoms with E-state index in [1.165, 1.54) is 16.7 Å². The van der Waals surface area contributed by atoms with Crippen molar-refractivity contribution in [2.24, 2.45) is 0 Å². The number of carboxylic acid groups (broad SMARTS) is 1. The molecule has 1 saturated heterocycles. The van der Waals surface area contributed by atoms with Crippen LogP contribution in [0.1, 0.15) is 61.6 Å². The molecule has 1 aromatic heterocycles. The SMILES string of the molecule is CC(NC(=O)N1C(C)CCCC1C)c1nc(C(=O)O)cs1. The van der Waals surface area contributed by atoms with Crippen LogP contribution in [0.2, 0.25) is 0 Å². The lowest BCUT2D eigenvalue weighted by molar-refractivity contribution is 0.0691. The Morgan fingerprint density at radius 1 is 1.43 bits per heavy atom. The molecule has 0 spiro atoms. The largest absolute Gasteiger partial charge is 0.476 e. The van der Waals surface area contributed by atoms with E-state index in [0.717, 1.165) is 19.3 Å². The van der Waals surface area contributed by atoms with Crippen molar-refractivity contribution in [3.63, 3.8) is 0 Å². The number of thiazole rings is 1. The third-order valence-corrected chi connectivity index (χ3v) is 4.91. The molecule has 2 N–H and O–H groups in total. The molecule has 0 aromatic carbocycles. The summed E-state index contributed by atoms with van der Waals surface area (Å²) in [6.45, 7) is 5.94. The molecule has 0 radical (unpaired) electrons. The summed E-state index contributed by atoms with van der Waals surface area (Å²) >= 11 is 1.25. The molecule has 0 aliphatic carbocycles. The predicted octanol–water partition coefficient (Wildman–Crippen LogP) is 2.87. The fourth-order valence-corrected chi connectivity index (χ4v) is 3.53. The summed E-state index contributed by atoms with van der Waals surface area (Å²) in [4.78, 5) is 29.2. The minimum Gasteiger partial charge on any atom is -0.476 e. The number of piperidine rings is 1. The second kappa shape index (κ2) is 6.43. The number of hydrogen-bond donors (Lipinski definition) is 2. The molecule has 1 aliphatic rings. The molecule has 1 fully saturated rings. The summed E-state index contributed by atoms with van der Waals surface area (Å²) < 4.78 is 0. The first-order chi connectivity index (χ1) is 9.90. The second-order valence-electron chi connectivity index (χ2n) is 5.58. The highest BCUT2D eigenvalue weighted by Gasteiger charge is 2.30. The first kappa shape index (κ1) is 15.8. The van der Waals surface area contributed by atoms with E-state index in [4.69, 9.17) is 5.11 Å². The molecule has 1 aromatic rings. The van der Waals surface area contributed by atoms with Crippen LogP contribution in [0.5, 0.6) is 0 Å². The zero-order chi connectivity index (χ0) is 15.6. The number of amides is 2. The van der Waals surface area contributed by atoms with Crippen LogP contribution in [-0.2, 0) is 0 Å². The van der Waals surface area contributed by atoms with Crippen molar-refractivity contribution in [3.8, 4) is 0 Å². The van der Waals surface area contributed by atoms with Crippen molar-refractivity contribution in [1.29, 1.82) is 0 Å². The molecule has 116 valence electrons. The van der Waals surface area contributed by atoms with E-state index in [0.29, 0.717) is 5.01 Å². The normalized spacial score (nSPS) is 23.7. The number of carboxylic acids is 1. The molecule has 6 nitrogen and oxygen atoms in total. The Bertz CT molecular complexity index is 521. The van der Waals surface area contributed by atoms with E-state index >= 15 is 0 Å². The van der Waals surface area contributed by atoms with Crippen LogP contribution in [0.3, 0.4) is 0 Å². The Morgan fingerprint density at radius 3 is 2.57 bits per heavy atom. The maximum atomic E-state index is 12.4. The highest BCUT2D eigenvalue weighted by Crippen LogP contribution is 2.24.